The predicted molar refractivity (Wildman–Crippen MR) is 66.3 cm³/mol. The number of carbonyl (C=O) groups is 1. The summed E-state index contributed by atoms with van der Waals surface area (Å²) in [6.45, 7) is 0.323. The van der Waals surface area contributed by atoms with Crippen LogP contribution in [0.1, 0.15) is 15.9 Å². The van der Waals surface area contributed by atoms with Gasteiger partial charge in [-0.3, -0.25) is 24.9 Å². The molecule has 0 aliphatic rings. The van der Waals surface area contributed by atoms with Gasteiger partial charge in [-0.1, -0.05) is 0 Å². The molecule has 1 N–H and O–H groups in total. The standard InChI is InChI=1S/C12H10N4O3/c17-12(15-6-9-1-3-13-4-2-9)10-5-11(16(18)19)8-14-7-10/h1-5,7-8H,6H2,(H,15,17). The Morgan fingerprint density at radius 2 is 2.00 bits per heavy atom. The molecule has 0 saturated heterocycles. The summed E-state index contributed by atoms with van der Waals surface area (Å²) in [5.41, 5.74) is 0.835. The first-order valence-corrected chi connectivity index (χ1v) is 5.43. The third-order valence-corrected chi connectivity index (χ3v) is 2.40. The summed E-state index contributed by atoms with van der Waals surface area (Å²) in [6, 6.07) is 4.73. The van der Waals surface area contributed by atoms with Crippen LogP contribution in [0, 0.1) is 10.1 Å². The molecule has 7 nitrogen and oxygen atoms in total. The van der Waals surface area contributed by atoms with Gasteiger partial charge in [0.25, 0.3) is 11.6 Å². The number of hydrogen-bond acceptors (Lipinski definition) is 5. The van der Waals surface area contributed by atoms with Crippen LogP contribution in [0.3, 0.4) is 0 Å². The highest BCUT2D eigenvalue weighted by Crippen LogP contribution is 2.10. The van der Waals surface area contributed by atoms with Gasteiger partial charge in [0, 0.05) is 31.2 Å². The molecule has 0 radical (unpaired) electrons. The van der Waals surface area contributed by atoms with E-state index in [0.717, 1.165) is 11.8 Å². The molecule has 0 bridgehead atoms. The van der Waals surface area contributed by atoms with Gasteiger partial charge in [-0.25, -0.2) is 0 Å². The lowest BCUT2D eigenvalue weighted by atomic mass is 10.2. The molecule has 0 saturated carbocycles. The number of rotatable bonds is 4. The lowest BCUT2D eigenvalue weighted by Crippen LogP contribution is -2.23. The average molecular weight is 258 g/mol. The molecular formula is C12H10N4O3. The van der Waals surface area contributed by atoms with Gasteiger partial charge in [0.1, 0.15) is 6.20 Å². The van der Waals surface area contributed by atoms with Crippen molar-refractivity contribution in [1.82, 2.24) is 15.3 Å². The quantitative estimate of drug-likeness (QED) is 0.658. The van der Waals surface area contributed by atoms with Gasteiger partial charge in [0.2, 0.25) is 0 Å². The molecule has 0 aromatic carbocycles. The molecule has 2 aromatic rings. The van der Waals surface area contributed by atoms with E-state index >= 15 is 0 Å². The van der Waals surface area contributed by atoms with Crippen LogP contribution in [0.4, 0.5) is 5.69 Å². The minimum Gasteiger partial charge on any atom is -0.348 e. The van der Waals surface area contributed by atoms with E-state index in [-0.39, 0.29) is 11.3 Å². The lowest BCUT2D eigenvalue weighted by Gasteiger charge is -2.04. The van der Waals surface area contributed by atoms with Crippen molar-refractivity contribution < 1.29 is 9.72 Å². The summed E-state index contributed by atoms with van der Waals surface area (Å²) in [7, 11) is 0. The summed E-state index contributed by atoms with van der Waals surface area (Å²) in [5.74, 6) is -0.409. The number of nitrogens with zero attached hydrogens (tertiary/aromatic N) is 3. The highest BCUT2D eigenvalue weighted by Gasteiger charge is 2.11. The average Bonchev–Trinajstić information content (AvgIpc) is 2.46. The third-order valence-electron chi connectivity index (χ3n) is 2.40. The fourth-order valence-electron chi connectivity index (χ4n) is 1.44. The number of pyridine rings is 2. The smallest absolute Gasteiger partial charge is 0.288 e. The third kappa shape index (κ3) is 3.32. The predicted octanol–water partition coefficient (Wildman–Crippen LogP) is 1.31. The number of aromatic nitrogens is 2. The van der Waals surface area contributed by atoms with Gasteiger partial charge >= 0.3 is 0 Å². The van der Waals surface area contributed by atoms with Crippen molar-refractivity contribution in [3.05, 3.63) is 64.2 Å². The largest absolute Gasteiger partial charge is 0.348 e. The van der Waals surface area contributed by atoms with Crippen molar-refractivity contribution in [2.24, 2.45) is 0 Å². The van der Waals surface area contributed by atoms with Gasteiger partial charge in [-0.2, -0.15) is 0 Å². The molecule has 7 heteroatoms. The van der Waals surface area contributed by atoms with E-state index in [4.69, 9.17) is 0 Å². The van der Waals surface area contributed by atoms with Gasteiger partial charge in [0.05, 0.1) is 10.5 Å². The Morgan fingerprint density at radius 1 is 1.26 bits per heavy atom. The second kappa shape index (κ2) is 5.67. The summed E-state index contributed by atoms with van der Waals surface area (Å²) >= 11 is 0. The molecule has 0 atom stereocenters. The van der Waals surface area contributed by atoms with E-state index < -0.39 is 10.8 Å². The fraction of sp³-hybridized carbons (Fsp3) is 0.0833. The highest BCUT2D eigenvalue weighted by molar-refractivity contribution is 5.94. The van der Waals surface area contributed by atoms with Gasteiger partial charge in [-0.15, -0.1) is 0 Å². The summed E-state index contributed by atoms with van der Waals surface area (Å²) in [5, 5.41) is 13.2. The van der Waals surface area contributed by atoms with Crippen molar-refractivity contribution in [1.29, 1.82) is 0 Å². The number of carbonyl (C=O) groups excluding carboxylic acids is 1. The molecule has 2 aromatic heterocycles. The number of nitro groups is 1. The van der Waals surface area contributed by atoms with Crippen LogP contribution in [0.15, 0.2) is 43.0 Å². The molecule has 19 heavy (non-hydrogen) atoms. The normalized spacial score (nSPS) is 9.89. The molecule has 0 aliphatic carbocycles. The van der Waals surface area contributed by atoms with Crippen LogP contribution in [0.25, 0.3) is 0 Å². The highest BCUT2D eigenvalue weighted by atomic mass is 16.6. The van der Waals surface area contributed by atoms with E-state index in [0.29, 0.717) is 6.54 Å². The maximum Gasteiger partial charge on any atom is 0.288 e. The van der Waals surface area contributed by atoms with E-state index in [1.54, 1.807) is 24.5 Å². The summed E-state index contributed by atoms with van der Waals surface area (Å²) in [6.07, 6.45) is 5.63. The van der Waals surface area contributed by atoms with Crippen LogP contribution in [-0.2, 0) is 6.54 Å². The van der Waals surface area contributed by atoms with Crippen molar-refractivity contribution in [2.45, 2.75) is 6.54 Å². The minimum atomic E-state index is -0.591. The van der Waals surface area contributed by atoms with Crippen molar-refractivity contribution >= 4 is 11.6 Å². The zero-order chi connectivity index (χ0) is 13.7. The molecule has 0 fully saturated rings. The van der Waals surface area contributed by atoms with Crippen LogP contribution in [0.5, 0.6) is 0 Å². The topological polar surface area (TPSA) is 98.0 Å². The van der Waals surface area contributed by atoms with E-state index in [9.17, 15) is 14.9 Å². The second-order valence-electron chi connectivity index (χ2n) is 3.73. The van der Waals surface area contributed by atoms with Crippen LogP contribution < -0.4 is 5.32 Å². The van der Waals surface area contributed by atoms with Crippen LogP contribution >= 0.6 is 0 Å². The first kappa shape index (κ1) is 12.6. The van der Waals surface area contributed by atoms with Crippen molar-refractivity contribution in [3.63, 3.8) is 0 Å². The molecule has 96 valence electrons. The molecule has 0 aliphatic heterocycles. The van der Waals surface area contributed by atoms with Crippen LogP contribution in [-0.4, -0.2) is 20.8 Å². The number of nitrogens with one attached hydrogen (secondary N) is 1. The zero-order valence-electron chi connectivity index (χ0n) is 9.81. The Balaban J connectivity index is 2.04. The van der Waals surface area contributed by atoms with Crippen molar-refractivity contribution in [2.75, 3.05) is 0 Å². The lowest BCUT2D eigenvalue weighted by molar-refractivity contribution is -0.385. The van der Waals surface area contributed by atoms with E-state index in [1.807, 2.05) is 0 Å². The number of hydrogen-bond donors (Lipinski definition) is 1. The summed E-state index contributed by atoms with van der Waals surface area (Å²) < 4.78 is 0. The maximum atomic E-state index is 11.8. The molecule has 2 heterocycles. The molecule has 0 unspecified atom stereocenters. The molecule has 1 amide bonds. The Kier molecular flexibility index (Phi) is 3.77. The van der Waals surface area contributed by atoms with Gasteiger partial charge in [-0.05, 0) is 17.7 Å². The number of amides is 1. The monoisotopic (exact) mass is 258 g/mol. The van der Waals surface area contributed by atoms with E-state index in [1.165, 1.54) is 12.3 Å². The van der Waals surface area contributed by atoms with E-state index in [2.05, 4.69) is 15.3 Å². The summed E-state index contributed by atoms with van der Waals surface area (Å²) in [4.78, 5) is 29.3. The first-order valence-electron chi connectivity index (χ1n) is 5.43. The van der Waals surface area contributed by atoms with Crippen LogP contribution in [0.2, 0.25) is 0 Å². The fourth-order valence-corrected chi connectivity index (χ4v) is 1.44. The Labute approximate surface area is 108 Å². The second-order valence-corrected chi connectivity index (χ2v) is 3.73. The Hall–Kier alpha value is -2.83. The Bertz CT molecular complexity index is 601. The Morgan fingerprint density at radius 3 is 2.68 bits per heavy atom. The molecular weight excluding hydrogens is 248 g/mol. The first-order chi connectivity index (χ1) is 9.16. The van der Waals surface area contributed by atoms with Crippen molar-refractivity contribution in [3.8, 4) is 0 Å². The molecule has 0 spiro atoms. The SMILES string of the molecule is O=C(NCc1ccncc1)c1cncc([N+](=O)[O-])c1. The molecule has 2 rings (SSSR count). The van der Waals surface area contributed by atoms with Gasteiger partial charge < -0.3 is 5.32 Å². The van der Waals surface area contributed by atoms with Gasteiger partial charge in [0.15, 0.2) is 0 Å². The zero-order valence-corrected chi connectivity index (χ0v) is 9.81. The maximum absolute atomic E-state index is 11.8. The minimum absolute atomic E-state index is 0.156.